The second-order valence-electron chi connectivity index (χ2n) is 6.62. The van der Waals surface area contributed by atoms with Gasteiger partial charge in [-0.05, 0) is 30.2 Å². The predicted molar refractivity (Wildman–Crippen MR) is 95.4 cm³/mol. The number of hydrogen-bond acceptors (Lipinski definition) is 6. The number of pyridine rings is 2. The summed E-state index contributed by atoms with van der Waals surface area (Å²) in [7, 11) is 0. The van der Waals surface area contributed by atoms with E-state index in [1.807, 2.05) is 0 Å². The first-order chi connectivity index (χ1) is 13.5. The van der Waals surface area contributed by atoms with Crippen LogP contribution in [0.4, 0.5) is 26.2 Å². The molecule has 2 aliphatic heterocycles. The van der Waals surface area contributed by atoms with Crippen molar-refractivity contribution in [2.75, 3.05) is 36.0 Å². The molecule has 1 amide bonds. The number of carbonyl (C=O) groups excluding carboxylic acids is 1. The Morgan fingerprint density at radius 1 is 1.21 bits per heavy atom. The zero-order chi connectivity index (χ0) is 19.8. The molecule has 2 aliphatic rings. The lowest BCUT2D eigenvalue weighted by molar-refractivity contribution is -0.146. The van der Waals surface area contributed by atoms with Crippen molar-refractivity contribution in [3.8, 4) is 0 Å². The summed E-state index contributed by atoms with van der Waals surface area (Å²) in [4.78, 5) is 35.4. The molecule has 28 heavy (non-hydrogen) atoms. The number of hydrogen-bond donors (Lipinski definition) is 2. The molecule has 8 nitrogen and oxygen atoms in total. The minimum atomic E-state index is -1.40. The Kier molecular flexibility index (Phi) is 4.63. The van der Waals surface area contributed by atoms with Crippen molar-refractivity contribution >= 4 is 29.3 Å². The summed E-state index contributed by atoms with van der Waals surface area (Å²) >= 11 is 0. The second kappa shape index (κ2) is 7.12. The molecule has 0 aliphatic carbocycles. The van der Waals surface area contributed by atoms with Crippen LogP contribution in [-0.2, 0) is 16.0 Å². The van der Waals surface area contributed by atoms with Crippen LogP contribution in [0.15, 0.2) is 24.4 Å². The van der Waals surface area contributed by atoms with Gasteiger partial charge in [0.05, 0.1) is 6.20 Å². The van der Waals surface area contributed by atoms with Gasteiger partial charge < -0.3 is 15.3 Å². The van der Waals surface area contributed by atoms with E-state index >= 15 is 0 Å². The van der Waals surface area contributed by atoms with E-state index in [-0.39, 0.29) is 29.4 Å². The third-order valence-corrected chi connectivity index (χ3v) is 4.82. The van der Waals surface area contributed by atoms with Crippen molar-refractivity contribution < 1.29 is 23.5 Å². The number of nitrogens with zero attached hydrogens (tertiary/aromatic N) is 4. The largest absolute Gasteiger partial charge is 0.481 e. The molecule has 2 aromatic rings. The van der Waals surface area contributed by atoms with E-state index in [1.54, 1.807) is 4.90 Å². The Morgan fingerprint density at radius 2 is 1.96 bits per heavy atom. The molecule has 1 saturated heterocycles. The Labute approximate surface area is 158 Å². The standard InChI is InChI=1S/C18H17F2N5O3/c19-11-1-2-14(22-9-11)25-15-10(7-12(17(25)26)18(27)28)8-13(20)16(23-15)24-5-3-21-4-6-24/h1-2,8-9,12,21H,3-7H2,(H,27,28). The number of anilines is 3. The van der Waals surface area contributed by atoms with Gasteiger partial charge >= 0.3 is 5.97 Å². The highest BCUT2D eigenvalue weighted by Crippen LogP contribution is 2.37. The van der Waals surface area contributed by atoms with Crippen molar-refractivity contribution in [3.63, 3.8) is 0 Å². The molecule has 1 unspecified atom stereocenters. The van der Waals surface area contributed by atoms with E-state index in [4.69, 9.17) is 0 Å². The fraction of sp³-hybridized carbons (Fsp3) is 0.333. The number of carboxylic acid groups (broad SMARTS) is 1. The summed E-state index contributed by atoms with van der Waals surface area (Å²) in [6, 6.07) is 3.59. The van der Waals surface area contributed by atoms with Crippen LogP contribution in [0, 0.1) is 17.6 Å². The molecule has 1 atom stereocenters. The molecule has 4 rings (SSSR count). The maximum absolute atomic E-state index is 14.7. The van der Waals surface area contributed by atoms with E-state index < -0.39 is 29.4 Å². The number of carbonyl (C=O) groups is 2. The van der Waals surface area contributed by atoms with E-state index in [9.17, 15) is 23.5 Å². The molecule has 0 radical (unpaired) electrons. The third kappa shape index (κ3) is 3.15. The van der Waals surface area contributed by atoms with Crippen LogP contribution in [0.2, 0.25) is 0 Å². The maximum Gasteiger partial charge on any atom is 0.316 e. The van der Waals surface area contributed by atoms with Crippen LogP contribution >= 0.6 is 0 Å². The lowest BCUT2D eigenvalue weighted by Crippen LogP contribution is -2.45. The topological polar surface area (TPSA) is 98.7 Å². The summed E-state index contributed by atoms with van der Waals surface area (Å²) in [6.45, 7) is 2.43. The number of nitrogens with one attached hydrogen (secondary N) is 1. The molecule has 2 N–H and O–H groups in total. The van der Waals surface area contributed by atoms with Gasteiger partial charge in [0, 0.05) is 26.2 Å². The Bertz CT molecular complexity index is 932. The molecule has 10 heteroatoms. The van der Waals surface area contributed by atoms with E-state index in [2.05, 4.69) is 15.3 Å². The minimum absolute atomic E-state index is 0.0315. The van der Waals surface area contributed by atoms with E-state index in [0.717, 1.165) is 17.2 Å². The Morgan fingerprint density at radius 3 is 2.61 bits per heavy atom. The molecule has 0 spiro atoms. The first-order valence-corrected chi connectivity index (χ1v) is 8.79. The molecule has 146 valence electrons. The van der Waals surface area contributed by atoms with Crippen LogP contribution in [0.3, 0.4) is 0 Å². The van der Waals surface area contributed by atoms with Crippen LogP contribution in [0.5, 0.6) is 0 Å². The molecule has 0 bridgehead atoms. The lowest BCUT2D eigenvalue weighted by atomic mass is 9.93. The van der Waals surface area contributed by atoms with Crippen LogP contribution in [-0.4, -0.2) is 53.1 Å². The Hall–Kier alpha value is -3.14. The van der Waals surface area contributed by atoms with E-state index in [1.165, 1.54) is 12.1 Å². The van der Waals surface area contributed by atoms with Gasteiger partial charge in [-0.25, -0.2) is 23.6 Å². The summed E-state index contributed by atoms with van der Waals surface area (Å²) in [5.74, 6) is -4.40. The number of piperazine rings is 1. The van der Waals surface area contributed by atoms with Crippen LogP contribution < -0.4 is 15.1 Å². The van der Waals surface area contributed by atoms with Crippen molar-refractivity contribution in [1.82, 2.24) is 15.3 Å². The zero-order valence-electron chi connectivity index (χ0n) is 14.7. The van der Waals surface area contributed by atoms with Gasteiger partial charge in [-0.2, -0.15) is 0 Å². The molecule has 4 heterocycles. The van der Waals surface area contributed by atoms with Gasteiger partial charge in [-0.15, -0.1) is 0 Å². The molecule has 2 aromatic heterocycles. The quantitative estimate of drug-likeness (QED) is 0.758. The molecular formula is C18H17F2N5O3. The number of fused-ring (bicyclic) bond motifs is 1. The molecule has 1 fully saturated rings. The van der Waals surface area contributed by atoms with Gasteiger partial charge in [-0.1, -0.05) is 0 Å². The monoisotopic (exact) mass is 389 g/mol. The third-order valence-electron chi connectivity index (χ3n) is 4.82. The normalized spacial score (nSPS) is 19.5. The average molecular weight is 389 g/mol. The number of rotatable bonds is 3. The lowest BCUT2D eigenvalue weighted by Gasteiger charge is -2.33. The Balaban J connectivity index is 1.84. The summed E-state index contributed by atoms with van der Waals surface area (Å²) in [6.07, 6.45) is 0.750. The number of halogens is 2. The maximum atomic E-state index is 14.7. The molecule has 0 saturated carbocycles. The van der Waals surface area contributed by atoms with Crippen LogP contribution in [0.1, 0.15) is 5.56 Å². The highest BCUT2D eigenvalue weighted by atomic mass is 19.1. The zero-order valence-corrected chi connectivity index (χ0v) is 14.7. The van der Waals surface area contributed by atoms with Crippen molar-refractivity contribution in [3.05, 3.63) is 41.6 Å². The fourth-order valence-electron chi connectivity index (χ4n) is 3.43. The highest BCUT2D eigenvalue weighted by molar-refractivity contribution is 6.11. The van der Waals surface area contributed by atoms with Gasteiger partial charge in [0.25, 0.3) is 0 Å². The first-order valence-electron chi connectivity index (χ1n) is 8.79. The van der Waals surface area contributed by atoms with Gasteiger partial charge in [0.15, 0.2) is 11.6 Å². The molecular weight excluding hydrogens is 372 g/mol. The van der Waals surface area contributed by atoms with Gasteiger partial charge in [0.2, 0.25) is 5.91 Å². The predicted octanol–water partition coefficient (Wildman–Crippen LogP) is 1.09. The first kappa shape index (κ1) is 18.2. The smallest absolute Gasteiger partial charge is 0.316 e. The summed E-state index contributed by atoms with van der Waals surface area (Å²) in [5.41, 5.74) is 0.287. The number of aromatic nitrogens is 2. The minimum Gasteiger partial charge on any atom is -0.481 e. The molecule has 0 aromatic carbocycles. The summed E-state index contributed by atoms with van der Waals surface area (Å²) < 4.78 is 28.0. The highest BCUT2D eigenvalue weighted by Gasteiger charge is 2.40. The van der Waals surface area contributed by atoms with Crippen molar-refractivity contribution in [1.29, 1.82) is 0 Å². The number of aliphatic carboxylic acids is 1. The number of carboxylic acids is 1. The van der Waals surface area contributed by atoms with E-state index in [0.29, 0.717) is 26.2 Å². The van der Waals surface area contributed by atoms with Gasteiger partial charge in [-0.3, -0.25) is 9.59 Å². The van der Waals surface area contributed by atoms with Crippen LogP contribution in [0.25, 0.3) is 0 Å². The van der Waals surface area contributed by atoms with Crippen molar-refractivity contribution in [2.24, 2.45) is 5.92 Å². The van der Waals surface area contributed by atoms with Crippen molar-refractivity contribution in [2.45, 2.75) is 6.42 Å². The average Bonchev–Trinajstić information content (AvgIpc) is 2.69. The van der Waals surface area contributed by atoms with Gasteiger partial charge in [0.1, 0.15) is 23.4 Å². The number of amides is 1. The summed E-state index contributed by atoms with van der Waals surface area (Å²) in [5, 5.41) is 12.6. The fourth-order valence-corrected chi connectivity index (χ4v) is 3.43. The second-order valence-corrected chi connectivity index (χ2v) is 6.62. The SMILES string of the molecule is O=C(O)C1Cc2cc(F)c(N3CCNCC3)nc2N(c2ccc(F)cn2)C1=O.